The van der Waals surface area contributed by atoms with Crippen LogP contribution in [0.3, 0.4) is 0 Å². The van der Waals surface area contributed by atoms with Crippen LogP contribution in [0.1, 0.15) is 243 Å². The SMILES string of the molecule is C.C.CC#N.CC(=O)CC1(O)C(=O)N(C2CCN(C(=O)OC(C)(C)C)CC2)c2ccccc21.CC(C)(C)OC(=O)N1CCC(N2C(=O)C(=O)c3ccccc32)CC1.CC(C)(C)OC(=O)N1CCC(N2C(=O)Cc3ccccc32)CC1.CC(O)CC1(O)C(=O)N(C2CCN(C(=O)OC(C)(C)C)CC2)c2ccccc21.CC(O)CC1(O)C(=O)N(C2CCNCC2)c2ccccc21.O=[Se]=O.[B].[H-].[Na+]. The van der Waals surface area contributed by atoms with Crippen molar-refractivity contribution in [1.29, 1.82) is 5.26 Å². The van der Waals surface area contributed by atoms with Crippen molar-refractivity contribution in [3.8, 4) is 6.07 Å². The average molecular weight is 1930 g/mol. The fourth-order valence-corrected chi connectivity index (χ4v) is 18.1. The van der Waals surface area contributed by atoms with E-state index in [-0.39, 0.29) is 146 Å². The number of carbonyl (C=O) groups excluding carboxylic acids is 11. The van der Waals surface area contributed by atoms with E-state index in [1.54, 1.807) is 114 Å². The summed E-state index contributed by atoms with van der Waals surface area (Å²) in [5, 5.41) is 63.2. The molecule has 0 bridgehead atoms. The maximum Gasteiger partial charge on any atom is 1.00 e. The van der Waals surface area contributed by atoms with Crippen molar-refractivity contribution in [1.82, 2.24) is 24.9 Å². The molecule has 15 rings (SSSR count). The van der Waals surface area contributed by atoms with Gasteiger partial charge in [-0.25, -0.2) is 19.2 Å². The molecule has 10 heterocycles. The number of hydrogen-bond acceptors (Lipinski definition) is 24. The van der Waals surface area contributed by atoms with Gasteiger partial charge in [0.2, 0.25) is 5.91 Å². The molecule has 0 saturated carbocycles. The molecule has 5 saturated heterocycles. The van der Waals surface area contributed by atoms with E-state index in [4.69, 9.17) is 31.9 Å². The quantitative estimate of drug-likeness (QED) is 0.0407. The van der Waals surface area contributed by atoms with Crippen LogP contribution in [0, 0.1) is 11.3 Å². The molecule has 33 nitrogen and oxygen atoms in total. The van der Waals surface area contributed by atoms with Gasteiger partial charge >= 0.3 is 76.4 Å². The van der Waals surface area contributed by atoms with E-state index >= 15 is 0 Å². The van der Waals surface area contributed by atoms with E-state index < -0.39 is 89.7 Å². The van der Waals surface area contributed by atoms with Gasteiger partial charge in [0, 0.05) is 140 Å². The summed E-state index contributed by atoms with van der Waals surface area (Å²) in [6.45, 7) is 34.0. The van der Waals surface area contributed by atoms with Crippen LogP contribution in [0.2, 0.25) is 0 Å². The minimum Gasteiger partial charge on any atom is -1.00 e. The third-order valence-electron chi connectivity index (χ3n) is 23.5. The summed E-state index contributed by atoms with van der Waals surface area (Å²) in [5.41, 5.74) is -0.183. The summed E-state index contributed by atoms with van der Waals surface area (Å²) in [5.74, 6) is -2.14. The Bertz CT molecular complexity index is 5000. The number of aliphatic hydroxyl groups excluding tert-OH is 2. The van der Waals surface area contributed by atoms with E-state index in [1.165, 1.54) is 13.8 Å². The average Bonchev–Trinajstić information content (AvgIpc) is 1.59. The summed E-state index contributed by atoms with van der Waals surface area (Å²) in [6, 6.07) is 38.4. The van der Waals surface area contributed by atoms with E-state index in [9.17, 15) is 78.3 Å². The van der Waals surface area contributed by atoms with Crippen molar-refractivity contribution >= 4 is 117 Å². The number of ether oxygens (including phenoxy) is 4. The minimum atomic E-state index is -1.81. The molecule has 3 radical (unpaired) electrons. The molecule has 5 aromatic rings. The van der Waals surface area contributed by atoms with Crippen molar-refractivity contribution in [3.63, 3.8) is 0 Å². The van der Waals surface area contributed by atoms with Crippen molar-refractivity contribution in [3.05, 3.63) is 149 Å². The number of ketones is 2. The Labute approximate surface area is 820 Å². The van der Waals surface area contributed by atoms with Gasteiger partial charge in [-0.05, 0) is 223 Å². The second-order valence-corrected chi connectivity index (χ2v) is 38.6. The predicted molar refractivity (Wildman–Crippen MR) is 505 cm³/mol. The second kappa shape index (κ2) is 48.9. The van der Waals surface area contributed by atoms with Crippen LogP contribution in [0.15, 0.2) is 121 Å². The first-order valence-corrected chi connectivity index (χ1v) is 46.0. The monoisotopic (exact) mass is 1930 g/mol. The first-order valence-electron chi connectivity index (χ1n) is 44.6. The Morgan fingerprint density at radius 1 is 0.448 bits per heavy atom. The number of anilines is 5. The molecule has 6 N–H and O–H groups in total. The van der Waals surface area contributed by atoms with Gasteiger partial charge in [-0.3, -0.25) is 33.6 Å². The largest absolute Gasteiger partial charge is 1.00 e. The Kier molecular flexibility index (Phi) is 41.9. The topological polar surface area (TPSA) is 425 Å². The van der Waals surface area contributed by atoms with Gasteiger partial charge in [-0.15, -0.1) is 0 Å². The number of para-hydroxylation sites is 5. The van der Waals surface area contributed by atoms with Gasteiger partial charge in [-0.2, -0.15) is 5.26 Å². The van der Waals surface area contributed by atoms with Crippen LogP contribution >= 0.6 is 0 Å². The van der Waals surface area contributed by atoms with Crippen molar-refractivity contribution in [2.24, 2.45) is 0 Å². The van der Waals surface area contributed by atoms with Crippen LogP contribution < -0.4 is 59.4 Å². The molecule has 5 atom stereocenters. The molecule has 5 unspecified atom stereocenters. The fraction of sp³-hybridized carbons (Fsp3) is 0.571. The van der Waals surface area contributed by atoms with E-state index in [2.05, 4.69) is 5.32 Å². The number of Topliss-reactive ketones (excluding diaryl/α,β-unsaturated/α-hetero) is 2. The van der Waals surface area contributed by atoms with Crippen LogP contribution in [-0.2, 0) is 78.6 Å². The first kappa shape index (κ1) is 115. The van der Waals surface area contributed by atoms with Crippen molar-refractivity contribution in [2.75, 3.05) is 89.9 Å². The van der Waals surface area contributed by atoms with Gasteiger partial charge in [-0.1, -0.05) is 99.8 Å². The van der Waals surface area contributed by atoms with Crippen LogP contribution in [0.25, 0.3) is 0 Å². The van der Waals surface area contributed by atoms with Crippen LogP contribution in [0.4, 0.5) is 47.6 Å². The Morgan fingerprint density at radius 2 is 0.709 bits per heavy atom. The Hall–Kier alpha value is -9.70. The van der Waals surface area contributed by atoms with Crippen molar-refractivity contribution in [2.45, 2.75) is 297 Å². The number of rotatable bonds is 11. The standard InChI is InChI=1S/C21H30N2O5.C21H28N2O5.C18H22N2O4.C18H24N2O3.C16H22N2O3.C2H3N.2CH4.B.Na.O2Se.H/c2*1-14(24)13-21(27)16-7-5-6-8-17(16)23(18(21)25)15-9-11-22(12-10-15)19(26)28-20(2,3)4;1-18(2,3)24-17(23)19-10-8-12(9-11-19)20-14-7-5-4-6-13(14)15(21)16(20)22;1-18(2,3)23-17(22)19-10-8-14(9-11-19)20-15-7-5-4-6-13(15)12-16(20)21;1-11(19)10-16(21)13-4-2-3-5-14(13)18(15(16)20)12-6-8-17-9-7-12;1-2-3;;;;;1-3-2;/h5-8,14-15,24,27H,9-13H2,1-4H3;5-8,15,27H,9-13H2,1-4H3;4-7,12H,8-11H2,1-3H3;4-7,14H,8-12H2,1-3H3;2-5,11-12,17,19,21H,6-10H2,1H3;1H3;2*1H4;;;;/q;;;;;;;;;+1;;-1. The number of aliphatic hydroxyl groups is 5. The number of nitrogens with zero attached hydrogens (tertiary/aromatic N) is 10. The number of carbonyl (C=O) groups is 11. The van der Waals surface area contributed by atoms with Gasteiger partial charge in [0.25, 0.3) is 29.4 Å². The minimum absolute atomic E-state index is 0. The van der Waals surface area contributed by atoms with Gasteiger partial charge < -0.3 is 95.3 Å². The summed E-state index contributed by atoms with van der Waals surface area (Å²) >= 11 is -1.62. The number of piperidine rings is 5. The number of fused-ring (bicyclic) bond motifs is 5. The van der Waals surface area contributed by atoms with E-state index in [1.807, 2.05) is 155 Å². The molecular formula is C98H138BN11NaO22Se. The number of nitriles is 1. The smallest absolute Gasteiger partial charge is 1.00 e. The van der Waals surface area contributed by atoms with Crippen molar-refractivity contribution < 1.29 is 136 Å². The van der Waals surface area contributed by atoms with Gasteiger partial charge in [0.15, 0.2) is 16.8 Å². The molecule has 5 aromatic carbocycles. The number of nitrogens with one attached hydrogen (secondary N) is 1. The molecule has 0 aromatic heterocycles. The molecule has 0 aliphatic carbocycles. The Balaban J connectivity index is 0.000000345. The van der Waals surface area contributed by atoms with E-state index in [0.29, 0.717) is 137 Å². The molecule has 134 heavy (non-hydrogen) atoms. The normalized spacial score (nSPS) is 21.0. The van der Waals surface area contributed by atoms with Gasteiger partial charge in [0.05, 0.1) is 53.0 Å². The molecule has 10 aliphatic heterocycles. The molecule has 36 heteroatoms. The maximum absolute atomic E-state index is 13.2. The third kappa shape index (κ3) is 28.3. The zero-order chi connectivity index (χ0) is 95.9. The number of amides is 9. The van der Waals surface area contributed by atoms with E-state index in [0.717, 1.165) is 55.7 Å². The zero-order valence-electron chi connectivity index (χ0n) is 80.2. The predicted octanol–water partition coefficient (Wildman–Crippen LogP) is 9.24. The Morgan fingerprint density at radius 3 is 1.02 bits per heavy atom. The molecule has 9 amide bonds. The number of hydrogen-bond donors (Lipinski definition) is 6. The third-order valence-corrected chi connectivity index (χ3v) is 23.5. The second-order valence-electron chi connectivity index (χ2n) is 38.3. The molecule has 727 valence electrons. The van der Waals surface area contributed by atoms with Crippen LogP contribution in [0.5, 0.6) is 0 Å². The molecular weight excluding hydrogens is 1800 g/mol. The molecule has 0 spiro atoms. The zero-order valence-corrected chi connectivity index (χ0v) is 82.9. The fourth-order valence-electron chi connectivity index (χ4n) is 18.1. The first-order chi connectivity index (χ1) is 61.0. The number of benzene rings is 5. The molecule has 5 fully saturated rings. The van der Waals surface area contributed by atoms with Gasteiger partial charge in [0.1, 0.15) is 28.2 Å². The molecule has 10 aliphatic rings. The summed E-state index contributed by atoms with van der Waals surface area (Å²) in [4.78, 5) is 152. The summed E-state index contributed by atoms with van der Waals surface area (Å²) in [6.07, 6.45) is 4.37. The summed E-state index contributed by atoms with van der Waals surface area (Å²) in [7, 11) is 0. The summed E-state index contributed by atoms with van der Waals surface area (Å²) < 4.78 is 38.5. The number of likely N-dealkylation sites (tertiary alicyclic amines) is 4. The van der Waals surface area contributed by atoms with Crippen LogP contribution in [-0.4, -0.2) is 264 Å². The maximum atomic E-state index is 13.2.